The van der Waals surface area contributed by atoms with Crippen LogP contribution in [0.1, 0.15) is 29.2 Å². The fourth-order valence-electron chi connectivity index (χ4n) is 2.65. The van der Waals surface area contributed by atoms with Gasteiger partial charge in [-0.25, -0.2) is 0 Å². The lowest BCUT2D eigenvalue weighted by Gasteiger charge is -2.13. The summed E-state index contributed by atoms with van der Waals surface area (Å²) in [6.07, 6.45) is 1.80. The molecule has 28 heavy (non-hydrogen) atoms. The van der Waals surface area contributed by atoms with Crippen molar-refractivity contribution in [3.05, 3.63) is 87.9 Å². The summed E-state index contributed by atoms with van der Waals surface area (Å²) in [6.45, 7) is 7.06. The van der Waals surface area contributed by atoms with E-state index in [1.54, 1.807) is 6.21 Å². The molecule has 3 rings (SSSR count). The molecule has 0 aliphatic heterocycles. The van der Waals surface area contributed by atoms with Crippen LogP contribution in [0.2, 0.25) is 5.02 Å². The van der Waals surface area contributed by atoms with Gasteiger partial charge >= 0.3 is 0 Å². The van der Waals surface area contributed by atoms with E-state index in [0.29, 0.717) is 24.0 Å². The summed E-state index contributed by atoms with van der Waals surface area (Å²) < 4.78 is 11.7. The maximum Gasteiger partial charge on any atom is 0.161 e. The van der Waals surface area contributed by atoms with Crippen molar-refractivity contribution in [2.24, 2.45) is 4.99 Å². The van der Waals surface area contributed by atoms with Crippen molar-refractivity contribution in [1.29, 1.82) is 0 Å². The number of rotatable bonds is 7. The van der Waals surface area contributed by atoms with Crippen molar-refractivity contribution < 1.29 is 9.47 Å². The van der Waals surface area contributed by atoms with Gasteiger partial charge in [0, 0.05) is 11.2 Å². The van der Waals surface area contributed by atoms with E-state index in [9.17, 15) is 0 Å². The van der Waals surface area contributed by atoms with Crippen molar-refractivity contribution in [1.82, 2.24) is 0 Å². The van der Waals surface area contributed by atoms with Gasteiger partial charge in [0.05, 0.1) is 12.3 Å². The lowest BCUT2D eigenvalue weighted by molar-refractivity contribution is 0.269. The second-order valence-corrected chi connectivity index (χ2v) is 7.01. The lowest BCUT2D eigenvalue weighted by Crippen LogP contribution is -2.00. The van der Waals surface area contributed by atoms with Gasteiger partial charge in [0.15, 0.2) is 11.5 Å². The zero-order valence-electron chi connectivity index (χ0n) is 16.4. The summed E-state index contributed by atoms with van der Waals surface area (Å²) in [7, 11) is 0. The SMILES string of the molecule is CCOc1cc(C=Nc2ccc(C)c(Cl)c2)ccc1OCc1ccc(C)cc1. The lowest BCUT2D eigenvalue weighted by atomic mass is 10.1. The molecule has 0 saturated heterocycles. The van der Waals surface area contributed by atoms with Crippen molar-refractivity contribution >= 4 is 23.5 Å². The highest BCUT2D eigenvalue weighted by Crippen LogP contribution is 2.29. The zero-order valence-corrected chi connectivity index (χ0v) is 17.2. The van der Waals surface area contributed by atoms with E-state index in [4.69, 9.17) is 21.1 Å². The highest BCUT2D eigenvalue weighted by molar-refractivity contribution is 6.31. The number of hydrogen-bond acceptors (Lipinski definition) is 3. The summed E-state index contributed by atoms with van der Waals surface area (Å²) in [5, 5.41) is 0.713. The molecule has 0 N–H and O–H groups in total. The first-order chi connectivity index (χ1) is 13.5. The number of aryl methyl sites for hydroxylation is 2. The molecule has 4 heteroatoms. The number of aliphatic imine (C=N–C) groups is 1. The van der Waals surface area contributed by atoms with E-state index < -0.39 is 0 Å². The fraction of sp³-hybridized carbons (Fsp3) is 0.208. The quantitative estimate of drug-likeness (QED) is 0.419. The molecule has 0 amide bonds. The molecule has 3 aromatic rings. The van der Waals surface area contributed by atoms with Crippen LogP contribution in [-0.4, -0.2) is 12.8 Å². The monoisotopic (exact) mass is 393 g/mol. The minimum Gasteiger partial charge on any atom is -0.490 e. The molecule has 0 unspecified atom stereocenters. The Morgan fingerprint density at radius 3 is 2.39 bits per heavy atom. The molecule has 0 radical (unpaired) electrons. The molecule has 0 aromatic heterocycles. The van der Waals surface area contributed by atoms with Gasteiger partial charge in [-0.2, -0.15) is 0 Å². The van der Waals surface area contributed by atoms with Crippen molar-refractivity contribution in [2.75, 3.05) is 6.61 Å². The van der Waals surface area contributed by atoms with Gasteiger partial charge in [-0.15, -0.1) is 0 Å². The summed E-state index contributed by atoms with van der Waals surface area (Å²) in [6, 6.07) is 19.9. The van der Waals surface area contributed by atoms with E-state index in [2.05, 4.69) is 36.2 Å². The van der Waals surface area contributed by atoms with E-state index in [1.165, 1.54) is 5.56 Å². The molecule has 0 aliphatic rings. The Labute approximate surface area is 171 Å². The van der Waals surface area contributed by atoms with Crippen LogP contribution in [0, 0.1) is 13.8 Å². The molecule has 0 heterocycles. The predicted octanol–water partition coefficient (Wildman–Crippen LogP) is 6.69. The zero-order chi connectivity index (χ0) is 19.9. The first kappa shape index (κ1) is 20.0. The molecule has 144 valence electrons. The number of halogens is 1. The molecular formula is C24H24ClNO2. The van der Waals surface area contributed by atoms with Crippen LogP contribution in [0.4, 0.5) is 5.69 Å². The smallest absolute Gasteiger partial charge is 0.161 e. The third-order valence-corrected chi connectivity index (χ3v) is 4.71. The van der Waals surface area contributed by atoms with E-state index in [1.807, 2.05) is 50.2 Å². The molecule has 0 fully saturated rings. The number of hydrogen-bond donors (Lipinski definition) is 0. The first-order valence-corrected chi connectivity index (χ1v) is 9.68. The molecule has 3 nitrogen and oxygen atoms in total. The Morgan fingerprint density at radius 1 is 0.893 bits per heavy atom. The van der Waals surface area contributed by atoms with Crippen LogP contribution < -0.4 is 9.47 Å². The summed E-state index contributed by atoms with van der Waals surface area (Å²) in [5.41, 5.74) is 5.14. The van der Waals surface area contributed by atoms with E-state index >= 15 is 0 Å². The van der Waals surface area contributed by atoms with Crippen LogP contribution in [0.3, 0.4) is 0 Å². The summed E-state index contributed by atoms with van der Waals surface area (Å²) in [4.78, 5) is 4.51. The van der Waals surface area contributed by atoms with Gasteiger partial charge in [0.2, 0.25) is 0 Å². The van der Waals surface area contributed by atoms with Crippen LogP contribution >= 0.6 is 11.6 Å². The molecular weight excluding hydrogens is 370 g/mol. The van der Waals surface area contributed by atoms with Crippen molar-refractivity contribution in [2.45, 2.75) is 27.4 Å². The van der Waals surface area contributed by atoms with Gasteiger partial charge in [-0.1, -0.05) is 47.5 Å². The van der Waals surface area contributed by atoms with Gasteiger partial charge in [0.1, 0.15) is 6.61 Å². The summed E-state index contributed by atoms with van der Waals surface area (Å²) >= 11 is 6.17. The molecule has 0 saturated carbocycles. The molecule has 0 spiro atoms. The topological polar surface area (TPSA) is 30.8 Å². The average Bonchev–Trinajstić information content (AvgIpc) is 2.69. The standard InChI is InChI=1S/C24H24ClNO2/c1-4-27-24-13-20(15-26-21-11-7-18(3)22(25)14-21)10-12-23(24)28-16-19-8-5-17(2)6-9-19/h5-15H,4,16H2,1-3H3. The van der Waals surface area contributed by atoms with Crippen molar-refractivity contribution in [3.63, 3.8) is 0 Å². The highest BCUT2D eigenvalue weighted by Gasteiger charge is 2.07. The average molecular weight is 394 g/mol. The van der Waals surface area contributed by atoms with Crippen LogP contribution in [0.5, 0.6) is 11.5 Å². The van der Waals surface area contributed by atoms with E-state index in [-0.39, 0.29) is 0 Å². The Bertz CT molecular complexity index is 965. The normalized spacial score (nSPS) is 11.0. The van der Waals surface area contributed by atoms with Gasteiger partial charge in [-0.3, -0.25) is 4.99 Å². The highest BCUT2D eigenvalue weighted by atomic mass is 35.5. The van der Waals surface area contributed by atoms with Gasteiger partial charge in [0.25, 0.3) is 0 Å². The van der Waals surface area contributed by atoms with Crippen LogP contribution in [0.25, 0.3) is 0 Å². The third kappa shape index (κ3) is 5.37. The minimum atomic E-state index is 0.496. The predicted molar refractivity (Wildman–Crippen MR) is 117 cm³/mol. The number of ether oxygens (including phenoxy) is 2. The maximum atomic E-state index is 6.17. The second-order valence-electron chi connectivity index (χ2n) is 6.61. The Kier molecular flexibility index (Phi) is 6.72. The number of benzene rings is 3. The third-order valence-electron chi connectivity index (χ3n) is 4.30. The minimum absolute atomic E-state index is 0.496. The summed E-state index contributed by atoms with van der Waals surface area (Å²) in [5.74, 6) is 1.43. The Morgan fingerprint density at radius 2 is 1.68 bits per heavy atom. The second kappa shape index (κ2) is 9.43. The first-order valence-electron chi connectivity index (χ1n) is 9.30. The van der Waals surface area contributed by atoms with E-state index in [0.717, 1.165) is 28.1 Å². The van der Waals surface area contributed by atoms with Crippen LogP contribution in [0.15, 0.2) is 65.7 Å². The fourth-order valence-corrected chi connectivity index (χ4v) is 2.82. The van der Waals surface area contributed by atoms with Gasteiger partial charge in [-0.05, 0) is 67.8 Å². The number of nitrogens with zero attached hydrogens (tertiary/aromatic N) is 1. The molecule has 0 aliphatic carbocycles. The molecule has 0 bridgehead atoms. The largest absolute Gasteiger partial charge is 0.490 e. The van der Waals surface area contributed by atoms with Crippen LogP contribution in [-0.2, 0) is 6.61 Å². The molecule has 0 atom stereocenters. The maximum absolute atomic E-state index is 6.17. The Balaban J connectivity index is 1.75. The Hall–Kier alpha value is -2.78. The van der Waals surface area contributed by atoms with Crippen molar-refractivity contribution in [3.8, 4) is 11.5 Å². The molecule has 3 aromatic carbocycles. The van der Waals surface area contributed by atoms with Gasteiger partial charge < -0.3 is 9.47 Å².